The lowest BCUT2D eigenvalue weighted by molar-refractivity contribution is 0.160. The van der Waals surface area contributed by atoms with E-state index in [0.29, 0.717) is 5.92 Å². The van der Waals surface area contributed by atoms with Gasteiger partial charge in [-0.25, -0.2) is 4.68 Å². The van der Waals surface area contributed by atoms with Crippen molar-refractivity contribution < 1.29 is 4.74 Å². The van der Waals surface area contributed by atoms with Crippen LogP contribution < -0.4 is 10.1 Å². The van der Waals surface area contributed by atoms with Gasteiger partial charge >= 0.3 is 0 Å². The van der Waals surface area contributed by atoms with E-state index in [0.717, 1.165) is 25.6 Å². The zero-order valence-corrected chi connectivity index (χ0v) is 10.6. The van der Waals surface area contributed by atoms with Crippen molar-refractivity contribution in [2.75, 3.05) is 20.2 Å². The Balaban J connectivity index is 2.20. The maximum atomic E-state index is 5.85. The fourth-order valence-electron chi connectivity index (χ4n) is 2.08. The summed E-state index contributed by atoms with van der Waals surface area (Å²) in [7, 11) is 1.97. The van der Waals surface area contributed by atoms with Crippen molar-refractivity contribution >= 4 is 0 Å². The molecule has 0 fully saturated rings. The van der Waals surface area contributed by atoms with Gasteiger partial charge in [0.1, 0.15) is 0 Å². The Hall–Kier alpha value is -1.03. The quantitative estimate of drug-likeness (QED) is 0.824. The minimum atomic E-state index is 0.101. The fourth-order valence-corrected chi connectivity index (χ4v) is 2.08. The summed E-state index contributed by atoms with van der Waals surface area (Å²) in [6.45, 7) is 9.28. The van der Waals surface area contributed by atoms with Gasteiger partial charge in [0, 0.05) is 18.0 Å². The van der Waals surface area contributed by atoms with Crippen molar-refractivity contribution in [2.24, 2.45) is 5.92 Å². The molecule has 0 amide bonds. The Morgan fingerprint density at radius 1 is 1.56 bits per heavy atom. The van der Waals surface area contributed by atoms with Crippen LogP contribution in [0.5, 0.6) is 5.88 Å². The van der Waals surface area contributed by atoms with Crippen molar-refractivity contribution in [1.29, 1.82) is 0 Å². The van der Waals surface area contributed by atoms with Crippen LogP contribution in [0.4, 0.5) is 0 Å². The molecule has 1 atom stereocenters. The molecule has 1 unspecified atom stereocenters. The van der Waals surface area contributed by atoms with Gasteiger partial charge < -0.3 is 10.1 Å². The molecule has 1 aromatic heterocycles. The lowest BCUT2D eigenvalue weighted by atomic mass is 9.89. The van der Waals surface area contributed by atoms with Crippen molar-refractivity contribution in [3.05, 3.63) is 11.8 Å². The fraction of sp³-hybridized carbons (Fsp3) is 0.750. The monoisotopic (exact) mass is 223 g/mol. The molecular weight excluding hydrogens is 202 g/mol. The second kappa shape index (κ2) is 4.09. The van der Waals surface area contributed by atoms with Crippen LogP contribution in [0.2, 0.25) is 0 Å². The molecule has 4 heteroatoms. The molecule has 2 rings (SSSR count). The average molecular weight is 223 g/mol. The van der Waals surface area contributed by atoms with E-state index in [4.69, 9.17) is 4.74 Å². The van der Waals surface area contributed by atoms with E-state index in [1.54, 1.807) is 0 Å². The smallest absolute Gasteiger partial charge is 0.215 e. The van der Waals surface area contributed by atoms with Crippen LogP contribution in [0, 0.1) is 5.92 Å². The van der Waals surface area contributed by atoms with Crippen LogP contribution in [-0.2, 0) is 12.0 Å². The number of rotatable bonds is 2. The second-order valence-corrected chi connectivity index (χ2v) is 5.53. The van der Waals surface area contributed by atoms with Gasteiger partial charge in [0.25, 0.3) is 0 Å². The third-order valence-corrected chi connectivity index (χ3v) is 2.98. The molecular formula is C12H21N3O. The first-order valence-corrected chi connectivity index (χ1v) is 5.86. The summed E-state index contributed by atoms with van der Waals surface area (Å²) < 4.78 is 7.84. The summed E-state index contributed by atoms with van der Waals surface area (Å²) in [4.78, 5) is 0. The summed E-state index contributed by atoms with van der Waals surface area (Å²) in [6.07, 6.45) is 1.94. The zero-order valence-electron chi connectivity index (χ0n) is 10.6. The maximum Gasteiger partial charge on any atom is 0.215 e. The third-order valence-electron chi connectivity index (χ3n) is 2.98. The molecule has 1 N–H and O–H groups in total. The highest BCUT2D eigenvalue weighted by Crippen LogP contribution is 2.33. The van der Waals surface area contributed by atoms with Crippen LogP contribution in [-0.4, -0.2) is 30.0 Å². The van der Waals surface area contributed by atoms with Crippen molar-refractivity contribution in [1.82, 2.24) is 15.1 Å². The van der Waals surface area contributed by atoms with E-state index in [9.17, 15) is 0 Å². The lowest BCUT2D eigenvalue weighted by Crippen LogP contribution is -2.33. The number of fused-ring (bicyclic) bond motifs is 1. The molecule has 0 spiro atoms. The Morgan fingerprint density at radius 2 is 2.31 bits per heavy atom. The number of hydrogen-bond acceptors (Lipinski definition) is 3. The Bertz CT molecular complexity index is 365. The molecule has 16 heavy (non-hydrogen) atoms. The minimum absolute atomic E-state index is 0.101. The van der Waals surface area contributed by atoms with Crippen molar-refractivity contribution in [3.8, 4) is 5.88 Å². The maximum absolute atomic E-state index is 5.85. The van der Waals surface area contributed by atoms with E-state index in [-0.39, 0.29) is 5.41 Å². The number of hydrogen-bond donors (Lipinski definition) is 1. The van der Waals surface area contributed by atoms with E-state index in [1.807, 2.05) is 17.9 Å². The van der Waals surface area contributed by atoms with Gasteiger partial charge in [0.05, 0.1) is 19.3 Å². The Morgan fingerprint density at radius 3 is 2.94 bits per heavy atom. The molecule has 0 saturated heterocycles. The number of ether oxygens (including phenoxy) is 1. The molecule has 0 saturated carbocycles. The molecule has 0 aromatic carbocycles. The van der Waals surface area contributed by atoms with Crippen LogP contribution in [0.15, 0.2) is 6.20 Å². The highest BCUT2D eigenvalue weighted by Gasteiger charge is 2.28. The second-order valence-electron chi connectivity index (χ2n) is 5.53. The first kappa shape index (κ1) is 11.5. The van der Waals surface area contributed by atoms with E-state index in [2.05, 4.69) is 31.2 Å². The summed E-state index contributed by atoms with van der Waals surface area (Å²) in [6, 6.07) is 0. The van der Waals surface area contributed by atoms with Gasteiger partial charge in [-0.3, -0.25) is 0 Å². The normalized spacial score (nSPS) is 20.4. The standard InChI is InChI=1S/C12H21N3O/c1-12(2,3)10-6-14-15-7-9(5-13-4)8-16-11(10)15/h6,9,13H,5,7-8H2,1-4H3. The Labute approximate surface area is 97.0 Å². The lowest BCUT2D eigenvalue weighted by Gasteiger charge is -2.27. The van der Waals surface area contributed by atoms with Crippen molar-refractivity contribution in [3.63, 3.8) is 0 Å². The minimum Gasteiger partial charge on any atom is -0.477 e. The predicted molar refractivity (Wildman–Crippen MR) is 63.8 cm³/mol. The highest BCUT2D eigenvalue weighted by atomic mass is 16.5. The van der Waals surface area contributed by atoms with Crippen molar-refractivity contribution in [2.45, 2.75) is 32.7 Å². The molecule has 1 aliphatic heterocycles. The topological polar surface area (TPSA) is 39.1 Å². The number of aromatic nitrogens is 2. The summed E-state index contributed by atoms with van der Waals surface area (Å²) in [5.74, 6) is 1.48. The van der Waals surface area contributed by atoms with Gasteiger partial charge in [-0.1, -0.05) is 20.8 Å². The predicted octanol–water partition coefficient (Wildman–Crippen LogP) is 1.41. The summed E-state index contributed by atoms with van der Waals surface area (Å²) in [5, 5.41) is 7.60. The molecule has 0 radical (unpaired) electrons. The molecule has 2 heterocycles. The zero-order chi connectivity index (χ0) is 11.8. The van der Waals surface area contributed by atoms with Crippen LogP contribution in [0.1, 0.15) is 26.3 Å². The molecule has 1 aliphatic rings. The van der Waals surface area contributed by atoms with Crippen LogP contribution >= 0.6 is 0 Å². The first-order valence-electron chi connectivity index (χ1n) is 5.86. The Kier molecular flexibility index (Phi) is 2.93. The van der Waals surface area contributed by atoms with E-state index in [1.165, 1.54) is 5.56 Å². The average Bonchev–Trinajstić information content (AvgIpc) is 2.60. The van der Waals surface area contributed by atoms with E-state index >= 15 is 0 Å². The SMILES string of the molecule is CNCC1COc2c(C(C)(C)C)cnn2C1. The summed E-state index contributed by atoms with van der Waals surface area (Å²) in [5.41, 5.74) is 1.30. The number of nitrogens with zero attached hydrogens (tertiary/aromatic N) is 2. The molecule has 90 valence electrons. The summed E-state index contributed by atoms with van der Waals surface area (Å²) >= 11 is 0. The van der Waals surface area contributed by atoms with Crippen LogP contribution in [0.25, 0.3) is 0 Å². The first-order chi connectivity index (χ1) is 7.52. The molecule has 0 bridgehead atoms. The van der Waals surface area contributed by atoms with Gasteiger partial charge in [-0.15, -0.1) is 0 Å². The molecule has 1 aromatic rings. The molecule has 4 nitrogen and oxygen atoms in total. The van der Waals surface area contributed by atoms with Gasteiger partial charge in [0.15, 0.2) is 0 Å². The van der Waals surface area contributed by atoms with E-state index < -0.39 is 0 Å². The molecule has 0 aliphatic carbocycles. The van der Waals surface area contributed by atoms with Gasteiger partial charge in [0.2, 0.25) is 5.88 Å². The van der Waals surface area contributed by atoms with Gasteiger partial charge in [-0.05, 0) is 12.5 Å². The number of nitrogens with one attached hydrogen (secondary N) is 1. The largest absolute Gasteiger partial charge is 0.477 e. The highest BCUT2D eigenvalue weighted by molar-refractivity contribution is 5.31. The third kappa shape index (κ3) is 2.07. The van der Waals surface area contributed by atoms with Crippen LogP contribution in [0.3, 0.4) is 0 Å². The van der Waals surface area contributed by atoms with Gasteiger partial charge in [-0.2, -0.15) is 5.10 Å².